The molecule has 1 aromatic heterocycles. The summed E-state index contributed by atoms with van der Waals surface area (Å²) in [6, 6.07) is 12.6. The zero-order valence-corrected chi connectivity index (χ0v) is 23.0. The van der Waals surface area contributed by atoms with Crippen LogP contribution in [0.5, 0.6) is 0 Å². The van der Waals surface area contributed by atoms with Gasteiger partial charge in [0.05, 0.1) is 23.3 Å². The molecule has 206 valence electrons. The van der Waals surface area contributed by atoms with E-state index in [2.05, 4.69) is 26.2 Å². The molecule has 5 rings (SSSR count). The Balaban J connectivity index is 1.27. The van der Waals surface area contributed by atoms with Crippen LogP contribution in [0.4, 0.5) is 10.1 Å². The minimum absolute atomic E-state index is 0.188. The molecule has 2 aromatic carbocycles. The van der Waals surface area contributed by atoms with Crippen molar-refractivity contribution < 1.29 is 28.6 Å². The number of aromatic amines is 1. The van der Waals surface area contributed by atoms with Gasteiger partial charge in [-0.25, -0.2) is 4.90 Å². The minimum atomic E-state index is -2.56. The number of H-pyrrole nitrogens is 1. The average Bonchev–Trinajstić information content (AvgIpc) is 3.61. The highest BCUT2D eigenvalue weighted by atomic mass is 79.9. The minimum Gasteiger partial charge on any atom is -0.481 e. The van der Waals surface area contributed by atoms with Crippen molar-refractivity contribution in [1.82, 2.24) is 9.88 Å². The SMILES string of the molecule is O=C(Nc1ccc(CC(=O)C(F)(OC2CCC(C(=O)O)CC2)N2CCCC2)cc1Br)c1c[nH]c2ccccc12. The van der Waals surface area contributed by atoms with Crippen molar-refractivity contribution in [3.8, 4) is 0 Å². The second-order valence-corrected chi connectivity index (χ2v) is 11.2. The van der Waals surface area contributed by atoms with Crippen LogP contribution >= 0.6 is 15.9 Å². The standard InChI is InChI=1S/C29H31BrFN3O5/c30-23-15-18(7-12-25(23)33-27(36)22-17-32-24-6-2-1-5-21(22)24)16-26(35)29(31,34-13-3-4-14-34)39-20-10-8-19(9-11-20)28(37)38/h1-2,5-7,12,15,17,19-20,32H,3-4,8-11,13-14,16H2,(H,33,36)(H,37,38). The van der Waals surface area contributed by atoms with Crippen LogP contribution in [0.2, 0.25) is 0 Å². The van der Waals surface area contributed by atoms with Gasteiger partial charge in [0.1, 0.15) is 0 Å². The van der Waals surface area contributed by atoms with E-state index in [1.165, 1.54) is 4.90 Å². The van der Waals surface area contributed by atoms with Crippen LogP contribution in [0, 0.1) is 5.92 Å². The Labute approximate surface area is 234 Å². The lowest BCUT2D eigenvalue weighted by Gasteiger charge is -2.37. The molecule has 1 unspecified atom stereocenters. The number of hydrogen-bond donors (Lipinski definition) is 3. The summed E-state index contributed by atoms with van der Waals surface area (Å²) in [7, 11) is 0. The molecule has 0 spiro atoms. The highest BCUT2D eigenvalue weighted by Gasteiger charge is 2.48. The summed E-state index contributed by atoms with van der Waals surface area (Å²) in [6.45, 7) is 0.852. The fraction of sp³-hybridized carbons (Fsp3) is 0.414. The first-order valence-electron chi connectivity index (χ1n) is 13.3. The molecule has 3 aromatic rings. The van der Waals surface area contributed by atoms with Crippen molar-refractivity contribution in [3.63, 3.8) is 0 Å². The molecular weight excluding hydrogens is 569 g/mol. The van der Waals surface area contributed by atoms with Gasteiger partial charge in [0.15, 0.2) is 0 Å². The highest BCUT2D eigenvalue weighted by molar-refractivity contribution is 9.10. The number of Topliss-reactive ketones (excluding diaryl/α,β-unsaturated/α-hetero) is 1. The largest absolute Gasteiger partial charge is 0.481 e. The summed E-state index contributed by atoms with van der Waals surface area (Å²) < 4.78 is 22.8. The topological polar surface area (TPSA) is 112 Å². The van der Waals surface area contributed by atoms with Crippen LogP contribution in [0.25, 0.3) is 10.9 Å². The van der Waals surface area contributed by atoms with Crippen LogP contribution in [-0.4, -0.2) is 57.8 Å². The number of likely N-dealkylation sites (tertiary alicyclic amines) is 1. The normalized spacial score (nSPS) is 21.5. The molecule has 1 aliphatic heterocycles. The number of benzene rings is 2. The third-order valence-electron chi connectivity index (χ3n) is 7.68. The molecule has 1 atom stereocenters. The van der Waals surface area contributed by atoms with Crippen molar-refractivity contribution >= 4 is 50.2 Å². The Morgan fingerprint density at radius 3 is 2.51 bits per heavy atom. The first-order valence-corrected chi connectivity index (χ1v) is 14.1. The molecule has 1 amide bonds. The Bertz CT molecular complexity index is 1380. The van der Waals surface area contributed by atoms with Gasteiger partial charge >= 0.3 is 11.9 Å². The summed E-state index contributed by atoms with van der Waals surface area (Å²) >= 11 is 3.48. The number of aliphatic carboxylic acids is 1. The lowest BCUT2D eigenvalue weighted by Crippen LogP contribution is -2.54. The average molecular weight is 600 g/mol. The number of amides is 1. The predicted molar refractivity (Wildman–Crippen MR) is 148 cm³/mol. The van der Waals surface area contributed by atoms with Crippen molar-refractivity contribution in [3.05, 3.63) is 64.3 Å². The number of rotatable bonds is 9. The number of fused-ring (bicyclic) bond motifs is 1. The Kier molecular flexibility index (Phi) is 8.16. The zero-order valence-electron chi connectivity index (χ0n) is 21.4. The molecule has 2 fully saturated rings. The quantitative estimate of drug-likeness (QED) is 0.273. The number of nitrogens with one attached hydrogen (secondary N) is 2. The number of para-hydroxylation sites is 1. The predicted octanol–water partition coefficient (Wildman–Crippen LogP) is 5.67. The summed E-state index contributed by atoms with van der Waals surface area (Å²) in [5.41, 5.74) is 2.48. The van der Waals surface area contributed by atoms with Gasteiger partial charge in [-0.05, 0) is 78.2 Å². The Morgan fingerprint density at radius 1 is 1.10 bits per heavy atom. The maximum atomic E-state index is 16.4. The number of carbonyl (C=O) groups excluding carboxylic acids is 2. The Hall–Kier alpha value is -3.08. The highest BCUT2D eigenvalue weighted by Crippen LogP contribution is 2.35. The molecule has 10 heteroatoms. The van der Waals surface area contributed by atoms with E-state index in [0.29, 0.717) is 60.1 Å². The molecule has 1 saturated carbocycles. The van der Waals surface area contributed by atoms with Crippen LogP contribution in [-0.2, 0) is 20.7 Å². The smallest absolute Gasteiger partial charge is 0.330 e. The molecule has 2 aliphatic rings. The van der Waals surface area contributed by atoms with Gasteiger partial charge in [-0.15, -0.1) is 0 Å². The van der Waals surface area contributed by atoms with Crippen LogP contribution in [0.15, 0.2) is 53.1 Å². The molecular formula is C29H31BrFN3O5. The molecule has 3 N–H and O–H groups in total. The van der Waals surface area contributed by atoms with E-state index in [4.69, 9.17) is 4.74 Å². The molecule has 39 heavy (non-hydrogen) atoms. The molecule has 1 aliphatic carbocycles. The fourth-order valence-corrected chi connectivity index (χ4v) is 6.01. The van der Waals surface area contributed by atoms with E-state index >= 15 is 4.39 Å². The fourth-order valence-electron chi connectivity index (χ4n) is 5.48. The molecule has 0 radical (unpaired) electrons. The lowest BCUT2D eigenvalue weighted by molar-refractivity contribution is -0.252. The van der Waals surface area contributed by atoms with Crippen LogP contribution in [0.1, 0.15) is 54.4 Å². The van der Waals surface area contributed by atoms with E-state index in [0.717, 1.165) is 23.7 Å². The van der Waals surface area contributed by atoms with Crippen molar-refractivity contribution in [2.24, 2.45) is 5.92 Å². The van der Waals surface area contributed by atoms with Crippen LogP contribution in [0.3, 0.4) is 0 Å². The lowest BCUT2D eigenvalue weighted by atomic mass is 9.87. The van der Waals surface area contributed by atoms with Gasteiger partial charge in [-0.1, -0.05) is 24.3 Å². The number of carboxylic acid groups (broad SMARTS) is 1. The van der Waals surface area contributed by atoms with Gasteiger partial charge in [-0.2, -0.15) is 4.39 Å². The number of carboxylic acids is 1. The second kappa shape index (κ2) is 11.6. The maximum Gasteiger partial charge on any atom is 0.330 e. The molecule has 2 heterocycles. The summed E-state index contributed by atoms with van der Waals surface area (Å²) in [5, 5.41) is 13.0. The molecule has 0 bridgehead atoms. The first-order chi connectivity index (χ1) is 18.7. The van der Waals surface area contributed by atoms with Gasteiger partial charge in [0.2, 0.25) is 5.78 Å². The number of carbonyl (C=O) groups is 3. The van der Waals surface area contributed by atoms with Crippen molar-refractivity contribution in [2.75, 3.05) is 18.4 Å². The number of hydrogen-bond acceptors (Lipinski definition) is 5. The first kappa shape index (κ1) is 27.5. The third kappa shape index (κ3) is 5.92. The van der Waals surface area contributed by atoms with E-state index < -0.39 is 29.8 Å². The number of nitrogens with zero attached hydrogens (tertiary/aromatic N) is 1. The molecule has 1 saturated heterocycles. The van der Waals surface area contributed by atoms with Gasteiger partial charge in [0.25, 0.3) is 5.91 Å². The van der Waals surface area contributed by atoms with Gasteiger partial charge in [-0.3, -0.25) is 14.4 Å². The van der Waals surface area contributed by atoms with E-state index in [1.807, 2.05) is 24.3 Å². The molecule has 8 nitrogen and oxygen atoms in total. The number of ether oxygens (including phenoxy) is 1. The third-order valence-corrected chi connectivity index (χ3v) is 8.34. The van der Waals surface area contributed by atoms with E-state index in [-0.39, 0.29) is 12.3 Å². The van der Waals surface area contributed by atoms with E-state index in [9.17, 15) is 19.5 Å². The number of anilines is 1. The summed E-state index contributed by atoms with van der Waals surface area (Å²) in [6.07, 6.45) is 4.14. The van der Waals surface area contributed by atoms with Gasteiger partial charge in [0, 0.05) is 41.1 Å². The van der Waals surface area contributed by atoms with E-state index in [1.54, 1.807) is 24.4 Å². The van der Waals surface area contributed by atoms with Gasteiger partial charge < -0.3 is 20.1 Å². The number of alkyl halides is 1. The zero-order chi connectivity index (χ0) is 27.6. The Morgan fingerprint density at radius 2 is 1.82 bits per heavy atom. The second-order valence-electron chi connectivity index (χ2n) is 10.3. The number of halogens is 2. The summed E-state index contributed by atoms with van der Waals surface area (Å²) in [4.78, 5) is 42.1. The van der Waals surface area contributed by atoms with Crippen LogP contribution < -0.4 is 5.32 Å². The summed E-state index contributed by atoms with van der Waals surface area (Å²) in [5.74, 6) is -4.82. The number of aromatic nitrogens is 1. The number of ketones is 1. The van der Waals surface area contributed by atoms with Crippen molar-refractivity contribution in [2.45, 2.75) is 57.0 Å². The van der Waals surface area contributed by atoms with Crippen molar-refractivity contribution in [1.29, 1.82) is 0 Å². The maximum absolute atomic E-state index is 16.4. The monoisotopic (exact) mass is 599 g/mol.